The number of carbonyl (C=O) groups excluding carboxylic acids is 1. The number of halogens is 1. The van der Waals surface area contributed by atoms with Gasteiger partial charge in [0.25, 0.3) is 0 Å². The SMILES string of the molecule is CC(=O)c1ccc(Oc2cccc(N(C)C)c2)c(F)c1. The molecule has 20 heavy (non-hydrogen) atoms. The summed E-state index contributed by atoms with van der Waals surface area (Å²) in [7, 11) is 3.84. The number of rotatable bonds is 4. The number of anilines is 1. The molecule has 0 bridgehead atoms. The highest BCUT2D eigenvalue weighted by Crippen LogP contribution is 2.27. The minimum absolute atomic E-state index is 0.103. The quantitative estimate of drug-likeness (QED) is 0.792. The normalized spacial score (nSPS) is 10.2. The van der Waals surface area contributed by atoms with Crippen molar-refractivity contribution >= 4 is 11.5 Å². The molecule has 0 N–H and O–H groups in total. The van der Waals surface area contributed by atoms with Crippen molar-refractivity contribution in [1.29, 1.82) is 0 Å². The number of nitrogens with zero attached hydrogens (tertiary/aromatic N) is 1. The van der Waals surface area contributed by atoms with Gasteiger partial charge in [-0.1, -0.05) is 6.07 Å². The predicted molar refractivity (Wildman–Crippen MR) is 77.2 cm³/mol. The van der Waals surface area contributed by atoms with E-state index in [4.69, 9.17) is 4.74 Å². The van der Waals surface area contributed by atoms with Gasteiger partial charge in [0.05, 0.1) is 0 Å². The lowest BCUT2D eigenvalue weighted by Crippen LogP contribution is -2.08. The first-order valence-electron chi connectivity index (χ1n) is 6.23. The van der Waals surface area contributed by atoms with E-state index < -0.39 is 5.82 Å². The van der Waals surface area contributed by atoms with Crippen LogP contribution in [0.15, 0.2) is 42.5 Å². The first-order valence-corrected chi connectivity index (χ1v) is 6.23. The van der Waals surface area contributed by atoms with E-state index in [0.717, 1.165) is 5.69 Å². The Hall–Kier alpha value is -2.36. The maximum Gasteiger partial charge on any atom is 0.166 e. The minimum atomic E-state index is -0.548. The largest absolute Gasteiger partial charge is 0.454 e. The number of ketones is 1. The van der Waals surface area contributed by atoms with Gasteiger partial charge in [-0.2, -0.15) is 0 Å². The van der Waals surface area contributed by atoms with Crippen LogP contribution in [-0.4, -0.2) is 19.9 Å². The molecule has 0 unspecified atom stereocenters. The molecule has 104 valence electrons. The van der Waals surface area contributed by atoms with E-state index in [9.17, 15) is 9.18 Å². The van der Waals surface area contributed by atoms with Crippen molar-refractivity contribution in [3.63, 3.8) is 0 Å². The molecule has 4 heteroatoms. The Labute approximate surface area is 117 Å². The Morgan fingerprint density at radius 1 is 1.15 bits per heavy atom. The van der Waals surface area contributed by atoms with Gasteiger partial charge in [0, 0.05) is 31.4 Å². The first-order chi connectivity index (χ1) is 9.47. The van der Waals surface area contributed by atoms with Crippen LogP contribution >= 0.6 is 0 Å². The third kappa shape index (κ3) is 3.15. The van der Waals surface area contributed by atoms with Crippen LogP contribution < -0.4 is 9.64 Å². The molecule has 0 fully saturated rings. The van der Waals surface area contributed by atoms with Crippen molar-refractivity contribution in [2.75, 3.05) is 19.0 Å². The van der Waals surface area contributed by atoms with Gasteiger partial charge in [-0.05, 0) is 37.3 Å². The second-order valence-corrected chi connectivity index (χ2v) is 4.70. The monoisotopic (exact) mass is 273 g/mol. The van der Waals surface area contributed by atoms with Crippen molar-refractivity contribution in [2.24, 2.45) is 0 Å². The molecule has 0 aliphatic heterocycles. The molecule has 2 aromatic rings. The van der Waals surface area contributed by atoms with Gasteiger partial charge in [-0.15, -0.1) is 0 Å². The zero-order valence-corrected chi connectivity index (χ0v) is 11.7. The smallest absolute Gasteiger partial charge is 0.166 e. The summed E-state index contributed by atoms with van der Waals surface area (Å²) in [5.74, 6) is -0.0745. The average molecular weight is 273 g/mol. The topological polar surface area (TPSA) is 29.5 Å². The van der Waals surface area contributed by atoms with Crippen LogP contribution in [0.1, 0.15) is 17.3 Å². The summed E-state index contributed by atoms with van der Waals surface area (Å²) in [4.78, 5) is 13.1. The maximum atomic E-state index is 13.9. The van der Waals surface area contributed by atoms with Crippen LogP contribution in [0, 0.1) is 5.82 Å². The van der Waals surface area contributed by atoms with Crippen LogP contribution in [0.25, 0.3) is 0 Å². The van der Waals surface area contributed by atoms with Crippen molar-refractivity contribution in [2.45, 2.75) is 6.92 Å². The third-order valence-electron chi connectivity index (χ3n) is 2.90. The van der Waals surface area contributed by atoms with Gasteiger partial charge >= 0.3 is 0 Å². The summed E-state index contributed by atoms with van der Waals surface area (Å²) in [6.07, 6.45) is 0. The standard InChI is InChI=1S/C16H16FNO2/c1-11(19)12-7-8-16(15(17)9-12)20-14-6-4-5-13(10-14)18(2)3/h4-10H,1-3H3. The summed E-state index contributed by atoms with van der Waals surface area (Å²) in [5.41, 5.74) is 1.29. The lowest BCUT2D eigenvalue weighted by atomic mass is 10.1. The Bertz CT molecular complexity index is 638. The fraction of sp³-hybridized carbons (Fsp3) is 0.188. The number of carbonyl (C=O) groups is 1. The maximum absolute atomic E-state index is 13.9. The number of Topliss-reactive ketones (excluding diaryl/α,β-unsaturated/α-hetero) is 1. The summed E-state index contributed by atoms with van der Waals surface area (Å²) in [6, 6.07) is 11.6. The van der Waals surface area contributed by atoms with Crippen LogP contribution in [0.2, 0.25) is 0 Å². The predicted octanol–water partition coefficient (Wildman–Crippen LogP) is 3.89. The Morgan fingerprint density at radius 3 is 2.50 bits per heavy atom. The van der Waals surface area contributed by atoms with Gasteiger partial charge in [-0.25, -0.2) is 4.39 Å². The third-order valence-corrected chi connectivity index (χ3v) is 2.90. The zero-order valence-electron chi connectivity index (χ0n) is 11.7. The van der Waals surface area contributed by atoms with Crippen LogP contribution in [-0.2, 0) is 0 Å². The second kappa shape index (κ2) is 5.74. The Balaban J connectivity index is 2.26. The van der Waals surface area contributed by atoms with E-state index in [1.54, 1.807) is 12.1 Å². The molecule has 0 atom stereocenters. The number of benzene rings is 2. The first kappa shape index (κ1) is 14.1. The van der Waals surface area contributed by atoms with E-state index in [-0.39, 0.29) is 11.5 Å². The second-order valence-electron chi connectivity index (χ2n) is 4.70. The zero-order chi connectivity index (χ0) is 14.7. The van der Waals surface area contributed by atoms with E-state index in [1.807, 2.05) is 37.2 Å². The highest BCUT2D eigenvalue weighted by molar-refractivity contribution is 5.94. The summed E-state index contributed by atoms with van der Waals surface area (Å²) in [5, 5.41) is 0. The van der Waals surface area contributed by atoms with Crippen molar-refractivity contribution in [1.82, 2.24) is 0 Å². The van der Waals surface area contributed by atoms with Crippen LogP contribution in [0.5, 0.6) is 11.5 Å². The molecule has 0 aliphatic rings. The van der Waals surface area contributed by atoms with Gasteiger partial charge in [0.1, 0.15) is 5.75 Å². The molecule has 0 saturated heterocycles. The minimum Gasteiger partial charge on any atom is -0.454 e. The fourth-order valence-corrected chi connectivity index (χ4v) is 1.75. The molecule has 0 aliphatic carbocycles. The molecule has 2 aromatic carbocycles. The Kier molecular flexibility index (Phi) is 4.03. The molecular formula is C16H16FNO2. The molecule has 0 spiro atoms. The fourth-order valence-electron chi connectivity index (χ4n) is 1.75. The molecule has 3 nitrogen and oxygen atoms in total. The highest BCUT2D eigenvalue weighted by Gasteiger charge is 2.09. The molecule has 0 amide bonds. The molecular weight excluding hydrogens is 257 g/mol. The number of hydrogen-bond donors (Lipinski definition) is 0. The summed E-state index contributed by atoms with van der Waals surface area (Å²) in [6.45, 7) is 1.40. The van der Waals surface area contributed by atoms with Crippen molar-refractivity contribution in [3.05, 3.63) is 53.8 Å². The molecule has 0 aromatic heterocycles. The summed E-state index contributed by atoms with van der Waals surface area (Å²) < 4.78 is 19.4. The molecule has 0 radical (unpaired) electrons. The lowest BCUT2D eigenvalue weighted by Gasteiger charge is -2.14. The van der Waals surface area contributed by atoms with Gasteiger partial charge in [0.2, 0.25) is 0 Å². The van der Waals surface area contributed by atoms with E-state index in [2.05, 4.69) is 0 Å². The van der Waals surface area contributed by atoms with E-state index >= 15 is 0 Å². The highest BCUT2D eigenvalue weighted by atomic mass is 19.1. The van der Waals surface area contributed by atoms with Crippen molar-refractivity contribution in [3.8, 4) is 11.5 Å². The van der Waals surface area contributed by atoms with Crippen molar-refractivity contribution < 1.29 is 13.9 Å². The van der Waals surface area contributed by atoms with E-state index in [0.29, 0.717) is 11.3 Å². The summed E-state index contributed by atoms with van der Waals surface area (Å²) >= 11 is 0. The lowest BCUT2D eigenvalue weighted by molar-refractivity contribution is 0.101. The Morgan fingerprint density at radius 2 is 1.90 bits per heavy atom. The number of hydrogen-bond acceptors (Lipinski definition) is 3. The average Bonchev–Trinajstić information content (AvgIpc) is 2.41. The van der Waals surface area contributed by atoms with Gasteiger partial charge < -0.3 is 9.64 Å². The molecule has 2 rings (SSSR count). The molecule has 0 saturated carbocycles. The van der Waals surface area contributed by atoms with Gasteiger partial charge in [0.15, 0.2) is 17.3 Å². The van der Waals surface area contributed by atoms with Crippen LogP contribution in [0.3, 0.4) is 0 Å². The van der Waals surface area contributed by atoms with Crippen LogP contribution in [0.4, 0.5) is 10.1 Å². The molecule has 0 heterocycles. The van der Waals surface area contributed by atoms with E-state index in [1.165, 1.54) is 19.1 Å². The van der Waals surface area contributed by atoms with Gasteiger partial charge in [-0.3, -0.25) is 4.79 Å². The number of ether oxygens (including phenoxy) is 1.